The number of hydrogen-bond donors (Lipinski definition) is 3. The maximum Gasteiger partial charge on any atom is 0.238 e. The number of rotatable bonds is 7. The minimum Gasteiger partial charge on any atom is -0.352 e. The van der Waals surface area contributed by atoms with Crippen LogP contribution in [0.4, 0.5) is 0 Å². The predicted octanol–water partition coefficient (Wildman–Crippen LogP) is 3.58. The van der Waals surface area contributed by atoms with Gasteiger partial charge < -0.3 is 10.6 Å². The molecule has 1 atom stereocenters. The Bertz CT molecular complexity index is 913. The van der Waals surface area contributed by atoms with Crippen molar-refractivity contribution in [3.05, 3.63) is 65.2 Å². The molecule has 0 fully saturated rings. The first-order valence-electron chi connectivity index (χ1n) is 9.37. The fourth-order valence-corrected chi connectivity index (χ4v) is 3.50. The molecule has 0 saturated heterocycles. The molecule has 0 aliphatic rings. The molecule has 0 spiro atoms. The highest BCUT2D eigenvalue weighted by Gasteiger charge is 2.10. The van der Waals surface area contributed by atoms with Gasteiger partial charge in [-0.2, -0.15) is 0 Å². The molecular weight excluding hydrogens is 499 g/mol. The van der Waals surface area contributed by atoms with Gasteiger partial charge in [-0.15, -0.1) is 24.0 Å². The summed E-state index contributed by atoms with van der Waals surface area (Å²) < 4.78 is 23.0. The quantitative estimate of drug-likeness (QED) is 0.290. The number of nitrogens with one attached hydrogen (secondary N) is 2. The van der Waals surface area contributed by atoms with Gasteiger partial charge in [0.25, 0.3) is 0 Å². The maximum absolute atomic E-state index is 11.5. The van der Waals surface area contributed by atoms with Crippen LogP contribution < -0.4 is 15.8 Å². The van der Waals surface area contributed by atoms with Crippen molar-refractivity contribution in [2.24, 2.45) is 16.0 Å². The Kier molecular flexibility index (Phi) is 10.1. The zero-order valence-corrected chi connectivity index (χ0v) is 20.5. The molecule has 0 aliphatic heterocycles. The van der Waals surface area contributed by atoms with Crippen LogP contribution in [-0.2, 0) is 23.0 Å². The predicted molar refractivity (Wildman–Crippen MR) is 130 cm³/mol. The molecule has 1 unspecified atom stereocenters. The molecule has 0 bridgehead atoms. The van der Waals surface area contributed by atoms with Crippen LogP contribution >= 0.6 is 24.0 Å². The van der Waals surface area contributed by atoms with Crippen LogP contribution in [0, 0.1) is 5.92 Å². The van der Waals surface area contributed by atoms with Crippen molar-refractivity contribution in [2.75, 3.05) is 7.05 Å². The lowest BCUT2D eigenvalue weighted by Gasteiger charge is -2.19. The lowest BCUT2D eigenvalue weighted by Crippen LogP contribution is -2.38. The SMILES string of the molecule is CN=C(NCc1cccc(S(N)(=O)=O)c1)NC(C)c1ccc(CC(C)C)cc1.I. The highest BCUT2D eigenvalue weighted by molar-refractivity contribution is 14.0. The second-order valence-electron chi connectivity index (χ2n) is 7.32. The lowest BCUT2D eigenvalue weighted by molar-refractivity contribution is 0.597. The summed E-state index contributed by atoms with van der Waals surface area (Å²) in [6.45, 7) is 6.94. The van der Waals surface area contributed by atoms with E-state index in [2.05, 4.69) is 60.7 Å². The van der Waals surface area contributed by atoms with Gasteiger partial charge in [-0.25, -0.2) is 13.6 Å². The molecule has 0 aliphatic carbocycles. The zero-order chi connectivity index (χ0) is 20.7. The van der Waals surface area contributed by atoms with Gasteiger partial charge in [-0.05, 0) is 48.1 Å². The third-order valence-corrected chi connectivity index (χ3v) is 5.30. The van der Waals surface area contributed by atoms with Crippen LogP contribution in [0.5, 0.6) is 0 Å². The Morgan fingerprint density at radius 1 is 1.07 bits per heavy atom. The number of primary sulfonamides is 1. The average Bonchev–Trinajstić information content (AvgIpc) is 2.64. The molecule has 0 radical (unpaired) electrons. The van der Waals surface area contributed by atoms with E-state index in [1.807, 2.05) is 6.07 Å². The van der Waals surface area contributed by atoms with E-state index in [1.54, 1.807) is 19.2 Å². The molecule has 2 aromatic rings. The van der Waals surface area contributed by atoms with Crippen molar-refractivity contribution < 1.29 is 8.42 Å². The lowest BCUT2D eigenvalue weighted by atomic mass is 10.00. The molecule has 0 heterocycles. The van der Waals surface area contributed by atoms with Crippen molar-refractivity contribution >= 4 is 40.0 Å². The van der Waals surface area contributed by atoms with Crippen LogP contribution in [0.25, 0.3) is 0 Å². The van der Waals surface area contributed by atoms with E-state index in [0.29, 0.717) is 18.4 Å². The van der Waals surface area contributed by atoms with Crippen LogP contribution in [-0.4, -0.2) is 21.4 Å². The summed E-state index contributed by atoms with van der Waals surface area (Å²) >= 11 is 0. The first-order chi connectivity index (χ1) is 13.2. The van der Waals surface area contributed by atoms with Gasteiger partial charge in [0.05, 0.1) is 10.9 Å². The monoisotopic (exact) mass is 530 g/mol. The van der Waals surface area contributed by atoms with E-state index in [9.17, 15) is 8.42 Å². The van der Waals surface area contributed by atoms with Crippen molar-refractivity contribution in [3.8, 4) is 0 Å². The summed E-state index contributed by atoms with van der Waals surface area (Å²) in [6, 6.07) is 15.3. The van der Waals surface area contributed by atoms with Gasteiger partial charge in [0, 0.05) is 13.6 Å². The second-order valence-corrected chi connectivity index (χ2v) is 8.89. The number of hydrogen-bond acceptors (Lipinski definition) is 3. The minimum absolute atomic E-state index is 0. The summed E-state index contributed by atoms with van der Waals surface area (Å²) in [5.41, 5.74) is 3.31. The van der Waals surface area contributed by atoms with Crippen LogP contribution in [0.15, 0.2) is 58.4 Å². The molecule has 4 N–H and O–H groups in total. The highest BCUT2D eigenvalue weighted by atomic mass is 127. The molecule has 29 heavy (non-hydrogen) atoms. The van der Waals surface area contributed by atoms with Crippen LogP contribution in [0.1, 0.15) is 43.5 Å². The molecule has 160 valence electrons. The molecule has 0 saturated carbocycles. The van der Waals surface area contributed by atoms with E-state index in [4.69, 9.17) is 5.14 Å². The summed E-state index contributed by atoms with van der Waals surface area (Å²) in [4.78, 5) is 4.35. The van der Waals surface area contributed by atoms with Gasteiger partial charge in [-0.1, -0.05) is 50.2 Å². The number of nitrogens with zero attached hydrogens (tertiary/aromatic N) is 1. The molecule has 0 amide bonds. The Balaban J connectivity index is 0.00000420. The molecular formula is C21H31IN4O2S. The van der Waals surface area contributed by atoms with Crippen molar-refractivity contribution in [1.82, 2.24) is 10.6 Å². The van der Waals surface area contributed by atoms with E-state index in [1.165, 1.54) is 17.2 Å². The molecule has 6 nitrogen and oxygen atoms in total. The largest absolute Gasteiger partial charge is 0.352 e. The fourth-order valence-electron chi connectivity index (χ4n) is 2.92. The normalized spacial score (nSPS) is 13.0. The Hall–Kier alpha value is -1.65. The summed E-state index contributed by atoms with van der Waals surface area (Å²) in [7, 11) is -2.01. The van der Waals surface area contributed by atoms with Crippen LogP contribution in [0.3, 0.4) is 0 Å². The average molecular weight is 530 g/mol. The smallest absolute Gasteiger partial charge is 0.238 e. The van der Waals surface area contributed by atoms with Crippen molar-refractivity contribution in [3.63, 3.8) is 0 Å². The van der Waals surface area contributed by atoms with Crippen LogP contribution in [0.2, 0.25) is 0 Å². The number of nitrogens with two attached hydrogens (primary N) is 1. The number of halogens is 1. The first kappa shape index (κ1) is 25.4. The Morgan fingerprint density at radius 3 is 2.28 bits per heavy atom. The van der Waals surface area contributed by atoms with Crippen molar-refractivity contribution in [2.45, 2.75) is 44.7 Å². The van der Waals surface area contributed by atoms with E-state index in [-0.39, 0.29) is 34.9 Å². The van der Waals surface area contributed by atoms with E-state index in [0.717, 1.165) is 12.0 Å². The van der Waals surface area contributed by atoms with Crippen molar-refractivity contribution in [1.29, 1.82) is 0 Å². The number of benzene rings is 2. The number of aliphatic imine (C=N–C) groups is 1. The fraction of sp³-hybridized carbons (Fsp3) is 0.381. The third-order valence-electron chi connectivity index (χ3n) is 4.39. The summed E-state index contributed by atoms with van der Waals surface area (Å²) in [5, 5.41) is 11.8. The highest BCUT2D eigenvalue weighted by Crippen LogP contribution is 2.15. The first-order valence-corrected chi connectivity index (χ1v) is 10.9. The topological polar surface area (TPSA) is 96.6 Å². The minimum atomic E-state index is -3.71. The third kappa shape index (κ3) is 8.31. The summed E-state index contributed by atoms with van der Waals surface area (Å²) in [6.07, 6.45) is 1.07. The van der Waals surface area contributed by atoms with Gasteiger partial charge in [0.1, 0.15) is 0 Å². The molecule has 2 aromatic carbocycles. The zero-order valence-electron chi connectivity index (χ0n) is 17.3. The number of guanidine groups is 1. The molecule has 2 rings (SSSR count). The van der Waals surface area contributed by atoms with Gasteiger partial charge in [0.2, 0.25) is 10.0 Å². The molecule has 8 heteroatoms. The standard InChI is InChI=1S/C21H30N4O2S.HI/c1-15(2)12-17-8-10-19(11-9-17)16(3)25-21(23-4)24-14-18-6-5-7-20(13-18)28(22,26)27;/h5-11,13,15-16H,12,14H2,1-4H3,(H2,22,26,27)(H2,23,24,25);1H. The van der Waals surface area contributed by atoms with E-state index >= 15 is 0 Å². The maximum atomic E-state index is 11.5. The number of sulfonamides is 1. The molecule has 0 aromatic heterocycles. The van der Waals surface area contributed by atoms with Gasteiger partial charge >= 0.3 is 0 Å². The Labute approximate surface area is 191 Å². The second kappa shape index (κ2) is 11.5. The summed E-state index contributed by atoms with van der Waals surface area (Å²) in [5.74, 6) is 1.27. The van der Waals surface area contributed by atoms with E-state index < -0.39 is 10.0 Å². The Morgan fingerprint density at radius 2 is 1.72 bits per heavy atom. The van der Waals surface area contributed by atoms with Gasteiger partial charge in [-0.3, -0.25) is 4.99 Å². The van der Waals surface area contributed by atoms with Gasteiger partial charge in [0.15, 0.2) is 5.96 Å².